The largest absolute Gasteiger partial charge is 0.381 e. The van der Waals surface area contributed by atoms with Gasteiger partial charge in [-0.15, -0.1) is 0 Å². The first-order valence-electron chi connectivity index (χ1n) is 6.17. The van der Waals surface area contributed by atoms with Gasteiger partial charge in [0.15, 0.2) is 0 Å². The molecule has 1 fully saturated rings. The normalized spacial score (nSPS) is 18.4. The van der Waals surface area contributed by atoms with Gasteiger partial charge in [-0.1, -0.05) is 6.92 Å². The van der Waals surface area contributed by atoms with Crippen LogP contribution in [0.2, 0.25) is 0 Å². The predicted octanol–water partition coefficient (Wildman–Crippen LogP) is 0.917. The number of hydrogen-bond donors (Lipinski definition) is 2. The van der Waals surface area contributed by atoms with Gasteiger partial charge < -0.3 is 15.4 Å². The van der Waals surface area contributed by atoms with Crippen molar-refractivity contribution in [3.05, 3.63) is 0 Å². The van der Waals surface area contributed by atoms with Crippen LogP contribution >= 0.6 is 0 Å². The summed E-state index contributed by atoms with van der Waals surface area (Å²) in [5.41, 5.74) is -0.472. The number of carbonyl (C=O) groups excluding carboxylic acids is 1. The zero-order chi connectivity index (χ0) is 12.0. The zero-order valence-corrected chi connectivity index (χ0v) is 10.6. The molecule has 0 unspecified atom stereocenters. The third-order valence-corrected chi connectivity index (χ3v) is 3.08. The van der Waals surface area contributed by atoms with Crippen LogP contribution in [0.25, 0.3) is 0 Å². The van der Waals surface area contributed by atoms with E-state index in [1.807, 2.05) is 20.8 Å². The summed E-state index contributed by atoms with van der Waals surface area (Å²) in [5.74, 6) is 0.663. The molecule has 2 N–H and O–H groups in total. The first kappa shape index (κ1) is 13.5. The molecule has 16 heavy (non-hydrogen) atoms. The Labute approximate surface area is 98.1 Å². The topological polar surface area (TPSA) is 50.4 Å². The van der Waals surface area contributed by atoms with E-state index in [2.05, 4.69) is 10.6 Å². The van der Waals surface area contributed by atoms with Crippen molar-refractivity contribution in [1.29, 1.82) is 0 Å². The lowest BCUT2D eigenvalue weighted by atomic mass is 9.99. The third-order valence-electron chi connectivity index (χ3n) is 3.08. The molecule has 1 saturated heterocycles. The standard InChI is InChI=1S/C12H24N2O2/c1-4-14-12(2,3)11(15)13-9-10-5-7-16-8-6-10/h10,14H,4-9H2,1-3H3,(H,13,15). The van der Waals surface area contributed by atoms with Crippen LogP contribution in [0, 0.1) is 5.92 Å². The number of likely N-dealkylation sites (N-methyl/N-ethyl adjacent to an activating group) is 1. The van der Waals surface area contributed by atoms with Crippen molar-refractivity contribution in [2.45, 2.75) is 39.2 Å². The van der Waals surface area contributed by atoms with Gasteiger partial charge in [0.1, 0.15) is 0 Å². The molecule has 1 heterocycles. The molecule has 1 amide bonds. The molecule has 0 aromatic heterocycles. The Kier molecular flexibility index (Phi) is 5.22. The molecule has 0 atom stereocenters. The van der Waals surface area contributed by atoms with Gasteiger partial charge in [-0.3, -0.25) is 4.79 Å². The molecule has 0 radical (unpaired) electrons. The highest BCUT2D eigenvalue weighted by atomic mass is 16.5. The first-order valence-corrected chi connectivity index (χ1v) is 6.17. The summed E-state index contributed by atoms with van der Waals surface area (Å²) in [6.45, 7) is 9.07. The minimum absolute atomic E-state index is 0.0841. The lowest BCUT2D eigenvalue weighted by Gasteiger charge is -2.27. The minimum atomic E-state index is -0.472. The maximum Gasteiger partial charge on any atom is 0.239 e. The van der Waals surface area contributed by atoms with E-state index in [4.69, 9.17) is 4.74 Å². The second-order valence-corrected chi connectivity index (χ2v) is 4.92. The SMILES string of the molecule is CCNC(C)(C)C(=O)NCC1CCOCC1. The van der Waals surface area contributed by atoms with Crippen molar-refractivity contribution in [1.82, 2.24) is 10.6 Å². The summed E-state index contributed by atoms with van der Waals surface area (Å²) in [7, 11) is 0. The number of rotatable bonds is 5. The second-order valence-electron chi connectivity index (χ2n) is 4.92. The second kappa shape index (κ2) is 6.21. The Hall–Kier alpha value is -0.610. The molecule has 0 bridgehead atoms. The predicted molar refractivity (Wildman–Crippen MR) is 64.3 cm³/mol. The van der Waals surface area contributed by atoms with E-state index in [1.54, 1.807) is 0 Å². The Morgan fingerprint density at radius 3 is 2.56 bits per heavy atom. The molecule has 0 saturated carbocycles. The Morgan fingerprint density at radius 2 is 2.00 bits per heavy atom. The van der Waals surface area contributed by atoms with Crippen LogP contribution in [0.4, 0.5) is 0 Å². The van der Waals surface area contributed by atoms with Crippen molar-refractivity contribution in [3.63, 3.8) is 0 Å². The van der Waals surface area contributed by atoms with Crippen molar-refractivity contribution >= 4 is 5.91 Å². The molecule has 1 rings (SSSR count). The number of amides is 1. The minimum Gasteiger partial charge on any atom is -0.381 e. The van der Waals surface area contributed by atoms with Crippen LogP contribution in [-0.4, -0.2) is 37.7 Å². The fourth-order valence-corrected chi connectivity index (χ4v) is 1.93. The van der Waals surface area contributed by atoms with Crippen LogP contribution < -0.4 is 10.6 Å². The van der Waals surface area contributed by atoms with E-state index in [0.717, 1.165) is 39.1 Å². The maximum absolute atomic E-state index is 11.9. The molecular formula is C12H24N2O2. The molecule has 0 spiro atoms. The molecule has 1 aliphatic rings. The monoisotopic (exact) mass is 228 g/mol. The lowest BCUT2D eigenvalue weighted by molar-refractivity contribution is -0.126. The highest BCUT2D eigenvalue weighted by Gasteiger charge is 2.26. The molecule has 4 nitrogen and oxygen atoms in total. The van der Waals surface area contributed by atoms with Gasteiger partial charge in [-0.25, -0.2) is 0 Å². The van der Waals surface area contributed by atoms with Crippen molar-refractivity contribution in [2.24, 2.45) is 5.92 Å². The number of carbonyl (C=O) groups is 1. The summed E-state index contributed by atoms with van der Waals surface area (Å²) in [6, 6.07) is 0. The van der Waals surface area contributed by atoms with Crippen molar-refractivity contribution < 1.29 is 9.53 Å². The fraction of sp³-hybridized carbons (Fsp3) is 0.917. The van der Waals surface area contributed by atoms with Gasteiger partial charge >= 0.3 is 0 Å². The summed E-state index contributed by atoms with van der Waals surface area (Å²) in [5, 5.41) is 6.19. The van der Waals surface area contributed by atoms with Crippen LogP contribution in [-0.2, 0) is 9.53 Å². The molecule has 0 aromatic carbocycles. The summed E-state index contributed by atoms with van der Waals surface area (Å²) in [4.78, 5) is 11.9. The molecule has 0 aromatic rings. The third kappa shape index (κ3) is 4.10. The van der Waals surface area contributed by atoms with Crippen LogP contribution in [0.1, 0.15) is 33.6 Å². The number of hydrogen-bond acceptors (Lipinski definition) is 3. The lowest BCUT2D eigenvalue weighted by Crippen LogP contribution is -2.53. The van der Waals surface area contributed by atoms with E-state index in [1.165, 1.54) is 0 Å². The first-order chi connectivity index (χ1) is 7.56. The molecule has 0 aliphatic carbocycles. The Bertz CT molecular complexity index is 223. The van der Waals surface area contributed by atoms with E-state index in [0.29, 0.717) is 5.92 Å². The average molecular weight is 228 g/mol. The van der Waals surface area contributed by atoms with Crippen molar-refractivity contribution in [2.75, 3.05) is 26.3 Å². The van der Waals surface area contributed by atoms with E-state index in [9.17, 15) is 4.79 Å². The fourth-order valence-electron chi connectivity index (χ4n) is 1.93. The summed E-state index contributed by atoms with van der Waals surface area (Å²) >= 11 is 0. The maximum atomic E-state index is 11.9. The van der Waals surface area contributed by atoms with Gasteiger partial charge in [0.25, 0.3) is 0 Å². The number of ether oxygens (including phenoxy) is 1. The molecule has 94 valence electrons. The summed E-state index contributed by atoms with van der Waals surface area (Å²) < 4.78 is 5.29. The van der Waals surface area contributed by atoms with Crippen LogP contribution in [0.3, 0.4) is 0 Å². The quantitative estimate of drug-likeness (QED) is 0.735. The Morgan fingerprint density at radius 1 is 1.38 bits per heavy atom. The Balaban J connectivity index is 2.28. The zero-order valence-electron chi connectivity index (χ0n) is 10.6. The van der Waals surface area contributed by atoms with Gasteiger partial charge in [-0.05, 0) is 39.2 Å². The highest BCUT2D eigenvalue weighted by molar-refractivity contribution is 5.85. The molecule has 4 heteroatoms. The highest BCUT2D eigenvalue weighted by Crippen LogP contribution is 2.13. The van der Waals surface area contributed by atoms with Crippen LogP contribution in [0.5, 0.6) is 0 Å². The van der Waals surface area contributed by atoms with Gasteiger partial charge in [0, 0.05) is 19.8 Å². The van der Waals surface area contributed by atoms with Crippen molar-refractivity contribution in [3.8, 4) is 0 Å². The van der Waals surface area contributed by atoms with E-state index in [-0.39, 0.29) is 5.91 Å². The molecule has 1 aliphatic heterocycles. The van der Waals surface area contributed by atoms with Gasteiger partial charge in [0.2, 0.25) is 5.91 Å². The van der Waals surface area contributed by atoms with Gasteiger partial charge in [0.05, 0.1) is 5.54 Å². The van der Waals surface area contributed by atoms with Crippen LogP contribution in [0.15, 0.2) is 0 Å². The summed E-state index contributed by atoms with van der Waals surface area (Å²) in [6.07, 6.45) is 2.11. The smallest absolute Gasteiger partial charge is 0.239 e. The number of nitrogens with one attached hydrogen (secondary N) is 2. The van der Waals surface area contributed by atoms with E-state index >= 15 is 0 Å². The molecular weight excluding hydrogens is 204 g/mol. The van der Waals surface area contributed by atoms with E-state index < -0.39 is 5.54 Å². The average Bonchev–Trinajstić information content (AvgIpc) is 2.27. The van der Waals surface area contributed by atoms with Gasteiger partial charge in [-0.2, -0.15) is 0 Å².